The maximum atomic E-state index is 12.2. The van der Waals surface area contributed by atoms with Crippen molar-refractivity contribution in [2.24, 2.45) is 10.7 Å². The fourth-order valence-corrected chi connectivity index (χ4v) is 4.15. The molecule has 1 aliphatic rings. The Morgan fingerprint density at radius 1 is 1.36 bits per heavy atom. The standard InChI is InChI=1S/C14H18F3N3O3S.HI/c15-14(16,17)23-11-5-3-4-10(8-11)20-13(18)19-9-12-6-1-2-7-24(12,21)22;/h3-5,8,12H,1-2,6-7,9H2,(H3,18,19,20);1H. The van der Waals surface area contributed by atoms with E-state index < -0.39 is 27.2 Å². The van der Waals surface area contributed by atoms with Crippen LogP contribution >= 0.6 is 24.0 Å². The molecule has 11 heteroatoms. The van der Waals surface area contributed by atoms with Crippen LogP contribution in [-0.4, -0.2) is 38.3 Å². The molecule has 1 heterocycles. The molecule has 0 spiro atoms. The average Bonchev–Trinajstić information content (AvgIpc) is 2.44. The molecule has 1 aromatic rings. The molecule has 25 heavy (non-hydrogen) atoms. The van der Waals surface area contributed by atoms with E-state index in [0.29, 0.717) is 12.8 Å². The van der Waals surface area contributed by atoms with E-state index in [9.17, 15) is 21.6 Å². The molecule has 0 radical (unpaired) electrons. The first-order chi connectivity index (χ1) is 11.2. The molecular weight excluding hydrogens is 474 g/mol. The van der Waals surface area contributed by atoms with Crippen LogP contribution in [0, 0.1) is 0 Å². The van der Waals surface area contributed by atoms with Crippen molar-refractivity contribution in [3.8, 4) is 5.75 Å². The van der Waals surface area contributed by atoms with E-state index in [-0.39, 0.29) is 47.9 Å². The van der Waals surface area contributed by atoms with Gasteiger partial charge in [-0.05, 0) is 25.0 Å². The van der Waals surface area contributed by atoms with Gasteiger partial charge in [0.2, 0.25) is 0 Å². The number of aliphatic imine (C=N–C) groups is 1. The second kappa shape index (κ2) is 8.92. The Labute approximate surface area is 161 Å². The quantitative estimate of drug-likeness (QED) is 0.383. The largest absolute Gasteiger partial charge is 0.573 e. The van der Waals surface area contributed by atoms with Gasteiger partial charge in [0.15, 0.2) is 15.8 Å². The van der Waals surface area contributed by atoms with Gasteiger partial charge in [-0.25, -0.2) is 8.42 Å². The molecule has 0 saturated carbocycles. The molecule has 0 bridgehead atoms. The number of ether oxygens (including phenoxy) is 1. The van der Waals surface area contributed by atoms with Crippen molar-refractivity contribution in [2.45, 2.75) is 30.9 Å². The first-order valence-electron chi connectivity index (χ1n) is 7.30. The third-order valence-corrected chi connectivity index (χ3v) is 5.78. The highest BCUT2D eigenvalue weighted by Crippen LogP contribution is 2.25. The lowest BCUT2D eigenvalue weighted by molar-refractivity contribution is -0.274. The molecular formula is C14H19F3IN3O3S. The minimum absolute atomic E-state index is 0. The Kier molecular flexibility index (Phi) is 7.78. The Bertz CT molecular complexity index is 711. The predicted octanol–water partition coefficient (Wildman–Crippen LogP) is 2.90. The summed E-state index contributed by atoms with van der Waals surface area (Å²) in [5, 5.41) is 2.06. The number of halogens is 4. The SMILES string of the molecule is I.NC(=NCC1CCCCS1(=O)=O)Nc1cccc(OC(F)(F)F)c1. The van der Waals surface area contributed by atoms with Gasteiger partial charge in [0, 0.05) is 11.8 Å². The van der Waals surface area contributed by atoms with E-state index >= 15 is 0 Å². The van der Waals surface area contributed by atoms with Gasteiger partial charge in [0.1, 0.15) is 5.75 Å². The van der Waals surface area contributed by atoms with Crippen LogP contribution in [0.4, 0.5) is 18.9 Å². The Balaban J connectivity index is 0.00000312. The molecule has 0 amide bonds. The normalized spacial score (nSPS) is 20.4. The number of hydrogen-bond donors (Lipinski definition) is 2. The molecule has 6 nitrogen and oxygen atoms in total. The van der Waals surface area contributed by atoms with E-state index in [2.05, 4.69) is 15.0 Å². The van der Waals surface area contributed by atoms with Gasteiger partial charge in [0.25, 0.3) is 0 Å². The van der Waals surface area contributed by atoms with Gasteiger partial charge in [0.05, 0.1) is 17.5 Å². The second-order valence-electron chi connectivity index (χ2n) is 5.41. The number of rotatable bonds is 4. The summed E-state index contributed by atoms with van der Waals surface area (Å²) in [7, 11) is -3.15. The molecule has 142 valence electrons. The Morgan fingerprint density at radius 3 is 2.72 bits per heavy atom. The lowest BCUT2D eigenvalue weighted by Gasteiger charge is -2.20. The van der Waals surface area contributed by atoms with Crippen LogP contribution < -0.4 is 15.8 Å². The third-order valence-electron chi connectivity index (χ3n) is 3.52. The summed E-state index contributed by atoms with van der Waals surface area (Å²) in [6.45, 7) is 0.0277. The van der Waals surface area contributed by atoms with E-state index in [0.717, 1.165) is 18.6 Å². The van der Waals surface area contributed by atoms with E-state index in [1.165, 1.54) is 12.1 Å². The summed E-state index contributed by atoms with van der Waals surface area (Å²) in [6.07, 6.45) is -2.77. The summed E-state index contributed by atoms with van der Waals surface area (Å²) < 4.78 is 64.1. The highest BCUT2D eigenvalue weighted by Gasteiger charge is 2.31. The minimum Gasteiger partial charge on any atom is -0.406 e. The van der Waals surface area contributed by atoms with Gasteiger partial charge in [-0.15, -0.1) is 37.1 Å². The van der Waals surface area contributed by atoms with Crippen molar-refractivity contribution >= 4 is 45.5 Å². The van der Waals surface area contributed by atoms with Crippen LogP contribution in [0.25, 0.3) is 0 Å². The van der Waals surface area contributed by atoms with Crippen LogP contribution in [0.2, 0.25) is 0 Å². The predicted molar refractivity (Wildman–Crippen MR) is 100 cm³/mol. The minimum atomic E-state index is -4.78. The van der Waals surface area contributed by atoms with Crippen molar-refractivity contribution in [3.63, 3.8) is 0 Å². The van der Waals surface area contributed by atoms with Gasteiger partial charge in [-0.1, -0.05) is 12.5 Å². The van der Waals surface area contributed by atoms with Gasteiger partial charge in [-0.3, -0.25) is 4.99 Å². The molecule has 0 aromatic heterocycles. The first kappa shape index (κ1) is 21.8. The topological polar surface area (TPSA) is 93.8 Å². The lowest BCUT2D eigenvalue weighted by Crippen LogP contribution is -2.32. The number of nitrogens with two attached hydrogens (primary N) is 1. The van der Waals surface area contributed by atoms with Crippen molar-refractivity contribution in [3.05, 3.63) is 24.3 Å². The van der Waals surface area contributed by atoms with Crippen molar-refractivity contribution in [1.82, 2.24) is 0 Å². The fourth-order valence-electron chi connectivity index (χ4n) is 2.38. The first-order valence-corrected chi connectivity index (χ1v) is 9.01. The summed E-state index contributed by atoms with van der Waals surface area (Å²) >= 11 is 0. The van der Waals surface area contributed by atoms with Crippen LogP contribution in [0.5, 0.6) is 5.75 Å². The Morgan fingerprint density at radius 2 is 2.08 bits per heavy atom. The number of sulfone groups is 1. The highest BCUT2D eigenvalue weighted by atomic mass is 127. The zero-order chi connectivity index (χ0) is 17.8. The number of nitrogens with one attached hydrogen (secondary N) is 1. The van der Waals surface area contributed by atoms with E-state index in [1.807, 2.05) is 0 Å². The molecule has 1 unspecified atom stereocenters. The Hall–Kier alpha value is -1.24. The molecule has 1 fully saturated rings. The van der Waals surface area contributed by atoms with Crippen molar-refractivity contribution in [2.75, 3.05) is 17.6 Å². The number of anilines is 1. The number of guanidine groups is 1. The van der Waals surface area contributed by atoms with Crippen LogP contribution in [0.1, 0.15) is 19.3 Å². The monoisotopic (exact) mass is 493 g/mol. The maximum absolute atomic E-state index is 12.2. The zero-order valence-corrected chi connectivity index (χ0v) is 16.3. The molecule has 1 aliphatic heterocycles. The molecule has 1 saturated heterocycles. The van der Waals surface area contributed by atoms with Gasteiger partial charge >= 0.3 is 6.36 Å². The summed E-state index contributed by atoms with van der Waals surface area (Å²) in [6, 6.07) is 5.12. The van der Waals surface area contributed by atoms with Crippen molar-refractivity contribution < 1.29 is 26.3 Å². The average molecular weight is 493 g/mol. The molecule has 3 N–H and O–H groups in total. The summed E-state index contributed by atoms with van der Waals surface area (Å²) in [5.74, 6) is -0.313. The third kappa shape index (κ3) is 7.26. The number of benzene rings is 1. The number of alkyl halides is 3. The molecule has 0 aliphatic carbocycles. The molecule has 2 rings (SSSR count). The van der Waals surface area contributed by atoms with Crippen molar-refractivity contribution in [1.29, 1.82) is 0 Å². The second-order valence-corrected chi connectivity index (χ2v) is 7.81. The van der Waals surface area contributed by atoms with E-state index in [4.69, 9.17) is 5.73 Å². The number of nitrogens with zero attached hydrogens (tertiary/aromatic N) is 1. The fraction of sp³-hybridized carbons (Fsp3) is 0.500. The van der Waals surface area contributed by atoms with Crippen LogP contribution in [-0.2, 0) is 9.84 Å². The highest BCUT2D eigenvalue weighted by molar-refractivity contribution is 14.0. The molecule has 1 atom stereocenters. The van der Waals surface area contributed by atoms with E-state index in [1.54, 1.807) is 0 Å². The van der Waals surface area contributed by atoms with Gasteiger partial charge < -0.3 is 15.8 Å². The van der Waals surface area contributed by atoms with Crippen LogP contribution in [0.15, 0.2) is 29.3 Å². The van der Waals surface area contributed by atoms with Crippen LogP contribution in [0.3, 0.4) is 0 Å². The number of hydrogen-bond acceptors (Lipinski definition) is 4. The summed E-state index contributed by atoms with van der Waals surface area (Å²) in [5.41, 5.74) is 5.92. The smallest absolute Gasteiger partial charge is 0.406 e. The van der Waals surface area contributed by atoms with Gasteiger partial charge in [-0.2, -0.15) is 0 Å². The molecule has 1 aromatic carbocycles. The maximum Gasteiger partial charge on any atom is 0.573 e. The zero-order valence-electron chi connectivity index (χ0n) is 13.1. The summed E-state index contributed by atoms with van der Waals surface area (Å²) in [4.78, 5) is 3.98. The lowest BCUT2D eigenvalue weighted by atomic mass is 10.2.